The van der Waals surface area contributed by atoms with Gasteiger partial charge in [0.05, 0.1) is 24.5 Å². The summed E-state index contributed by atoms with van der Waals surface area (Å²) < 4.78 is 35.7. The first-order chi connectivity index (χ1) is 17.8. The highest BCUT2D eigenvalue weighted by atomic mass is 35.5. The Balaban J connectivity index is 1.79. The fourth-order valence-corrected chi connectivity index (χ4v) is 6.58. The summed E-state index contributed by atoms with van der Waals surface area (Å²) in [5.41, 5.74) is 3.33. The third-order valence-electron chi connectivity index (χ3n) is 6.71. The van der Waals surface area contributed by atoms with Gasteiger partial charge in [0.15, 0.2) is 0 Å². The molecule has 1 aromatic heterocycles. The number of hydrogen-bond acceptors (Lipinski definition) is 6. The number of fused-ring (bicyclic) bond motifs is 1. The van der Waals surface area contributed by atoms with Gasteiger partial charge in [0, 0.05) is 42.2 Å². The van der Waals surface area contributed by atoms with Crippen LogP contribution in [0.3, 0.4) is 0 Å². The summed E-state index contributed by atoms with van der Waals surface area (Å²) in [5, 5.41) is 7.95. The van der Waals surface area contributed by atoms with Gasteiger partial charge in [-0.3, -0.25) is 5.01 Å². The number of benzene rings is 3. The molecule has 0 radical (unpaired) electrons. The first kappa shape index (κ1) is 25.3. The Bertz CT molecular complexity index is 1570. The van der Waals surface area contributed by atoms with Crippen molar-refractivity contribution in [2.45, 2.75) is 11.8 Å². The summed E-state index contributed by atoms with van der Waals surface area (Å²) >= 11 is 6.40. The van der Waals surface area contributed by atoms with Gasteiger partial charge in [0.1, 0.15) is 10.6 Å². The Morgan fingerprint density at radius 3 is 2.35 bits per heavy atom. The van der Waals surface area contributed by atoms with Crippen molar-refractivity contribution in [3.63, 3.8) is 0 Å². The number of para-hydroxylation sites is 1. The maximum absolute atomic E-state index is 14.4. The third kappa shape index (κ3) is 4.72. The molecule has 0 spiro atoms. The van der Waals surface area contributed by atoms with Gasteiger partial charge in [-0.25, -0.2) is 12.4 Å². The Labute approximate surface area is 222 Å². The van der Waals surface area contributed by atoms with Gasteiger partial charge in [-0.15, -0.1) is 0 Å². The lowest BCUT2D eigenvalue weighted by Gasteiger charge is -2.30. The highest BCUT2D eigenvalue weighted by molar-refractivity contribution is 7.90. The molecule has 1 fully saturated rings. The first-order valence-electron chi connectivity index (χ1n) is 12.1. The average Bonchev–Trinajstić information content (AvgIpc) is 3.25. The van der Waals surface area contributed by atoms with Crippen molar-refractivity contribution in [3.05, 3.63) is 82.9 Å². The Morgan fingerprint density at radius 2 is 1.65 bits per heavy atom. The first-order valence-corrected chi connectivity index (χ1v) is 13.9. The lowest BCUT2D eigenvalue weighted by molar-refractivity contribution is 0.159. The van der Waals surface area contributed by atoms with Crippen molar-refractivity contribution >= 4 is 38.7 Å². The van der Waals surface area contributed by atoms with E-state index in [1.165, 1.54) is 17.1 Å². The molecule has 0 unspecified atom stereocenters. The van der Waals surface area contributed by atoms with Crippen molar-refractivity contribution in [1.82, 2.24) is 13.9 Å². The van der Waals surface area contributed by atoms with Crippen LogP contribution >= 0.6 is 11.6 Å². The number of ether oxygens (including phenoxy) is 1. The van der Waals surface area contributed by atoms with Crippen molar-refractivity contribution < 1.29 is 13.2 Å². The van der Waals surface area contributed by atoms with Gasteiger partial charge in [-0.2, -0.15) is 5.10 Å². The van der Waals surface area contributed by atoms with Crippen LogP contribution in [-0.2, 0) is 10.0 Å². The van der Waals surface area contributed by atoms with E-state index in [-0.39, 0.29) is 10.6 Å². The number of hydrogen-bond donors (Lipinski definition) is 0. The molecular formula is C28H29ClN4O3S. The molecule has 1 aliphatic heterocycles. The molecule has 0 aliphatic carbocycles. The van der Waals surface area contributed by atoms with Crippen LogP contribution in [0.1, 0.15) is 11.1 Å². The molecule has 5 rings (SSSR count). The largest absolute Gasteiger partial charge is 0.495 e. The van der Waals surface area contributed by atoms with Crippen LogP contribution in [0.5, 0.6) is 5.75 Å². The van der Waals surface area contributed by atoms with E-state index < -0.39 is 10.0 Å². The van der Waals surface area contributed by atoms with Gasteiger partial charge in [-0.05, 0) is 43.3 Å². The van der Waals surface area contributed by atoms with Crippen LogP contribution in [0.15, 0.2) is 76.7 Å². The van der Waals surface area contributed by atoms with Crippen LogP contribution in [0.2, 0.25) is 5.02 Å². The lowest BCUT2D eigenvalue weighted by Crippen LogP contribution is -2.41. The zero-order valence-corrected chi connectivity index (χ0v) is 22.6. The Morgan fingerprint density at radius 1 is 0.973 bits per heavy atom. The van der Waals surface area contributed by atoms with E-state index in [1.807, 2.05) is 66.5 Å². The van der Waals surface area contributed by atoms with Crippen LogP contribution in [0.4, 0.5) is 0 Å². The number of aryl methyl sites for hydroxylation is 1. The molecule has 2 heterocycles. The predicted octanol–water partition coefficient (Wildman–Crippen LogP) is 5.10. The minimum atomic E-state index is -4.13. The fraction of sp³-hybridized carbons (Fsp3) is 0.250. The Hall–Kier alpha value is -3.33. The average molecular weight is 537 g/mol. The summed E-state index contributed by atoms with van der Waals surface area (Å²) in [7, 11) is -0.575. The standard InChI is InChI=1S/C28H29ClN4O3S/c1-20-17-26(36-3)27(18-24(20)29)37(34,35)33-25-12-8-7-11-22(25)23(28(33)21-9-5-4-6-10-21)19-30-32-15-13-31(2)14-16-32/h4-12,17-19H,13-16H2,1-3H3. The quantitative estimate of drug-likeness (QED) is 0.321. The molecule has 0 bridgehead atoms. The van der Waals surface area contributed by atoms with Crippen LogP contribution < -0.4 is 4.74 Å². The van der Waals surface area contributed by atoms with Crippen LogP contribution in [0, 0.1) is 6.92 Å². The number of methoxy groups -OCH3 is 1. The molecule has 1 aliphatic rings. The summed E-state index contributed by atoms with van der Waals surface area (Å²) in [4.78, 5) is 2.27. The maximum atomic E-state index is 14.4. The number of nitrogens with zero attached hydrogens (tertiary/aromatic N) is 4. The Kier molecular flexibility index (Phi) is 6.98. The van der Waals surface area contributed by atoms with Crippen LogP contribution in [0.25, 0.3) is 22.2 Å². The SMILES string of the molecule is COc1cc(C)c(Cl)cc1S(=O)(=O)n1c(-c2ccccc2)c(C=NN2CCN(C)CC2)c2ccccc21. The number of likely N-dealkylation sites (N-methyl/N-ethyl adjacent to an activating group) is 1. The molecule has 192 valence electrons. The van der Waals surface area contributed by atoms with E-state index in [1.54, 1.807) is 12.3 Å². The van der Waals surface area contributed by atoms with E-state index in [2.05, 4.69) is 11.9 Å². The molecule has 7 nitrogen and oxygen atoms in total. The number of hydrazone groups is 1. The van der Waals surface area contributed by atoms with E-state index >= 15 is 0 Å². The molecule has 37 heavy (non-hydrogen) atoms. The fourth-order valence-electron chi connectivity index (χ4n) is 4.63. The van der Waals surface area contributed by atoms with E-state index in [9.17, 15) is 8.42 Å². The van der Waals surface area contributed by atoms with Gasteiger partial charge >= 0.3 is 0 Å². The third-order valence-corrected chi connectivity index (χ3v) is 8.85. The second kappa shape index (κ2) is 10.2. The van der Waals surface area contributed by atoms with Crippen molar-refractivity contribution in [3.8, 4) is 17.0 Å². The predicted molar refractivity (Wildman–Crippen MR) is 149 cm³/mol. The zero-order chi connectivity index (χ0) is 26.2. The topological polar surface area (TPSA) is 67.1 Å². The molecule has 9 heteroatoms. The maximum Gasteiger partial charge on any atom is 0.272 e. The second-order valence-corrected chi connectivity index (χ2v) is 11.3. The summed E-state index contributed by atoms with van der Waals surface area (Å²) in [5.74, 6) is 0.242. The minimum Gasteiger partial charge on any atom is -0.495 e. The number of piperazine rings is 1. The molecule has 3 aromatic carbocycles. The number of halogens is 1. The normalized spacial score (nSPS) is 15.1. The highest BCUT2D eigenvalue weighted by Crippen LogP contribution is 2.39. The molecule has 0 N–H and O–H groups in total. The van der Waals surface area contributed by atoms with Crippen LogP contribution in [-0.4, -0.2) is 68.9 Å². The van der Waals surface area contributed by atoms with Gasteiger partial charge in [0.2, 0.25) is 0 Å². The molecule has 0 saturated carbocycles. The van der Waals surface area contributed by atoms with E-state index in [0.29, 0.717) is 16.2 Å². The van der Waals surface area contributed by atoms with Crippen molar-refractivity contribution in [2.24, 2.45) is 5.10 Å². The smallest absolute Gasteiger partial charge is 0.272 e. The van der Waals surface area contributed by atoms with Gasteiger partial charge in [-0.1, -0.05) is 60.1 Å². The molecule has 1 saturated heterocycles. The molecule has 0 amide bonds. The monoisotopic (exact) mass is 536 g/mol. The number of aromatic nitrogens is 1. The number of rotatable bonds is 6. The van der Waals surface area contributed by atoms with E-state index in [4.69, 9.17) is 21.4 Å². The van der Waals surface area contributed by atoms with Crippen molar-refractivity contribution in [2.75, 3.05) is 40.3 Å². The van der Waals surface area contributed by atoms with Gasteiger partial charge in [0.25, 0.3) is 10.0 Å². The summed E-state index contributed by atoms with van der Waals surface area (Å²) in [6.45, 7) is 5.28. The lowest BCUT2D eigenvalue weighted by atomic mass is 10.1. The van der Waals surface area contributed by atoms with E-state index in [0.717, 1.165) is 48.3 Å². The van der Waals surface area contributed by atoms with Crippen molar-refractivity contribution in [1.29, 1.82) is 0 Å². The second-order valence-electron chi connectivity index (χ2n) is 9.17. The molecule has 4 aromatic rings. The minimum absolute atomic E-state index is 0.00564. The summed E-state index contributed by atoms with van der Waals surface area (Å²) in [6.07, 6.45) is 1.79. The zero-order valence-electron chi connectivity index (χ0n) is 21.1. The van der Waals surface area contributed by atoms with Gasteiger partial charge < -0.3 is 9.64 Å². The molecule has 0 atom stereocenters. The highest BCUT2D eigenvalue weighted by Gasteiger charge is 2.30. The molecular weight excluding hydrogens is 508 g/mol. The summed E-state index contributed by atoms with van der Waals surface area (Å²) in [6, 6.07) is 20.1.